The fourth-order valence-corrected chi connectivity index (χ4v) is 2.66. The van der Waals surface area contributed by atoms with Gasteiger partial charge >= 0.3 is 0 Å². The van der Waals surface area contributed by atoms with Crippen LogP contribution >= 0.6 is 0 Å². The first-order valence-corrected chi connectivity index (χ1v) is 6.80. The zero-order valence-electron chi connectivity index (χ0n) is 11.1. The molecule has 0 bridgehead atoms. The van der Waals surface area contributed by atoms with E-state index in [1.165, 1.54) is 24.0 Å². The summed E-state index contributed by atoms with van der Waals surface area (Å²) in [7, 11) is 0. The average molecular weight is 254 g/mol. The predicted molar refractivity (Wildman–Crippen MR) is 75.6 cm³/mol. The Kier molecular flexibility index (Phi) is 3.26. The third-order valence-corrected chi connectivity index (χ3v) is 3.67. The first-order valence-electron chi connectivity index (χ1n) is 6.80. The zero-order chi connectivity index (χ0) is 13.2. The third kappa shape index (κ3) is 2.49. The van der Waals surface area contributed by atoms with Gasteiger partial charge in [-0.15, -0.1) is 0 Å². The summed E-state index contributed by atoms with van der Waals surface area (Å²) < 4.78 is 5.94. The summed E-state index contributed by atoms with van der Waals surface area (Å²) >= 11 is 0. The Morgan fingerprint density at radius 3 is 2.68 bits per heavy atom. The van der Waals surface area contributed by atoms with Crippen LogP contribution in [-0.4, -0.2) is 5.11 Å². The molecule has 0 fully saturated rings. The molecule has 0 aromatic heterocycles. The molecule has 1 N–H and O–H groups in total. The molecule has 2 nitrogen and oxygen atoms in total. The summed E-state index contributed by atoms with van der Waals surface area (Å²) in [5.41, 5.74) is 3.66. The van der Waals surface area contributed by atoms with E-state index in [1.54, 1.807) is 6.92 Å². The highest BCUT2D eigenvalue weighted by Gasteiger charge is 2.13. The highest BCUT2D eigenvalue weighted by molar-refractivity contribution is 5.43. The highest BCUT2D eigenvalue weighted by atomic mass is 16.5. The largest absolute Gasteiger partial charge is 0.457 e. The Labute approximate surface area is 113 Å². The van der Waals surface area contributed by atoms with Crippen LogP contribution in [0.3, 0.4) is 0 Å². The molecule has 0 saturated heterocycles. The molecule has 98 valence electrons. The maximum absolute atomic E-state index is 9.76. The molecule has 0 amide bonds. The number of benzene rings is 2. The molecule has 2 aromatic carbocycles. The van der Waals surface area contributed by atoms with Crippen molar-refractivity contribution in [3.8, 4) is 11.5 Å². The van der Waals surface area contributed by atoms with Gasteiger partial charge in [-0.1, -0.05) is 24.3 Å². The van der Waals surface area contributed by atoms with Crippen molar-refractivity contribution in [2.45, 2.75) is 32.3 Å². The van der Waals surface area contributed by atoms with Crippen molar-refractivity contribution in [3.63, 3.8) is 0 Å². The van der Waals surface area contributed by atoms with E-state index in [-0.39, 0.29) is 0 Å². The van der Waals surface area contributed by atoms with E-state index in [4.69, 9.17) is 4.74 Å². The van der Waals surface area contributed by atoms with E-state index in [2.05, 4.69) is 12.1 Å². The van der Waals surface area contributed by atoms with Gasteiger partial charge in [0.25, 0.3) is 0 Å². The van der Waals surface area contributed by atoms with Crippen LogP contribution < -0.4 is 4.74 Å². The van der Waals surface area contributed by atoms with Gasteiger partial charge in [0.1, 0.15) is 11.5 Å². The Hall–Kier alpha value is -1.80. The van der Waals surface area contributed by atoms with Crippen LogP contribution in [0.5, 0.6) is 11.5 Å². The lowest BCUT2D eigenvalue weighted by Gasteiger charge is -2.13. The molecule has 0 saturated carbocycles. The first-order chi connectivity index (χ1) is 9.24. The zero-order valence-corrected chi connectivity index (χ0v) is 11.1. The molecule has 1 aliphatic carbocycles. The second-order valence-electron chi connectivity index (χ2n) is 5.10. The van der Waals surface area contributed by atoms with Gasteiger partial charge in [0, 0.05) is 5.56 Å². The van der Waals surface area contributed by atoms with Gasteiger partial charge in [-0.25, -0.2) is 0 Å². The van der Waals surface area contributed by atoms with Crippen LogP contribution in [0.25, 0.3) is 0 Å². The Balaban J connectivity index is 1.89. The number of para-hydroxylation sites is 1. The SMILES string of the molecule is C[C@H](O)c1ccccc1Oc1ccc2c(c1)CCC2. The lowest BCUT2D eigenvalue weighted by molar-refractivity contribution is 0.195. The van der Waals surface area contributed by atoms with Gasteiger partial charge < -0.3 is 9.84 Å². The minimum atomic E-state index is -0.523. The molecular formula is C17H18O2. The van der Waals surface area contributed by atoms with Crippen molar-refractivity contribution >= 4 is 0 Å². The monoisotopic (exact) mass is 254 g/mol. The smallest absolute Gasteiger partial charge is 0.133 e. The molecular weight excluding hydrogens is 236 g/mol. The number of rotatable bonds is 3. The van der Waals surface area contributed by atoms with Crippen molar-refractivity contribution in [1.82, 2.24) is 0 Å². The second kappa shape index (κ2) is 5.06. The normalized spacial score (nSPS) is 15.1. The van der Waals surface area contributed by atoms with Gasteiger partial charge in [-0.2, -0.15) is 0 Å². The van der Waals surface area contributed by atoms with E-state index in [0.717, 1.165) is 23.5 Å². The van der Waals surface area contributed by atoms with Gasteiger partial charge in [-0.05, 0) is 55.5 Å². The first kappa shape index (κ1) is 12.2. The maximum Gasteiger partial charge on any atom is 0.133 e. The van der Waals surface area contributed by atoms with Crippen LogP contribution in [0.15, 0.2) is 42.5 Å². The second-order valence-corrected chi connectivity index (χ2v) is 5.10. The number of hydrogen-bond acceptors (Lipinski definition) is 2. The van der Waals surface area contributed by atoms with Gasteiger partial charge in [-0.3, -0.25) is 0 Å². The summed E-state index contributed by atoms with van der Waals surface area (Å²) in [6.07, 6.45) is 3.04. The summed E-state index contributed by atoms with van der Waals surface area (Å²) in [4.78, 5) is 0. The lowest BCUT2D eigenvalue weighted by atomic mass is 10.1. The number of aliphatic hydroxyl groups excluding tert-OH is 1. The van der Waals surface area contributed by atoms with E-state index < -0.39 is 6.10 Å². The topological polar surface area (TPSA) is 29.5 Å². The lowest BCUT2D eigenvalue weighted by Crippen LogP contribution is -1.96. The van der Waals surface area contributed by atoms with Crippen molar-refractivity contribution in [2.75, 3.05) is 0 Å². The van der Waals surface area contributed by atoms with E-state index >= 15 is 0 Å². The molecule has 1 atom stereocenters. The minimum absolute atomic E-state index is 0.523. The summed E-state index contributed by atoms with van der Waals surface area (Å²) in [5, 5.41) is 9.76. The standard InChI is InChI=1S/C17H18O2/c1-12(18)16-7-2-3-8-17(16)19-15-10-9-13-5-4-6-14(13)11-15/h2-3,7-12,18H,4-6H2,1H3/t12-/m0/s1. The molecule has 1 aliphatic rings. The Bertz CT molecular complexity index is 588. The fraction of sp³-hybridized carbons (Fsp3) is 0.294. The van der Waals surface area contributed by atoms with E-state index in [1.807, 2.05) is 30.3 Å². The van der Waals surface area contributed by atoms with Gasteiger partial charge in [0.2, 0.25) is 0 Å². The average Bonchev–Trinajstić information content (AvgIpc) is 2.86. The molecule has 0 spiro atoms. The van der Waals surface area contributed by atoms with Crippen LogP contribution in [-0.2, 0) is 12.8 Å². The van der Waals surface area contributed by atoms with Crippen LogP contribution in [0.2, 0.25) is 0 Å². The number of aliphatic hydroxyl groups is 1. The summed E-state index contributed by atoms with van der Waals surface area (Å²) in [6.45, 7) is 1.75. The van der Waals surface area contributed by atoms with Crippen LogP contribution in [0.4, 0.5) is 0 Å². The van der Waals surface area contributed by atoms with Crippen molar-refractivity contribution in [2.24, 2.45) is 0 Å². The number of fused-ring (bicyclic) bond motifs is 1. The predicted octanol–water partition coefficient (Wildman–Crippen LogP) is 4.02. The Morgan fingerprint density at radius 1 is 1.05 bits per heavy atom. The fourth-order valence-electron chi connectivity index (χ4n) is 2.66. The van der Waals surface area contributed by atoms with E-state index in [9.17, 15) is 5.11 Å². The summed E-state index contributed by atoms with van der Waals surface area (Å²) in [5.74, 6) is 1.59. The molecule has 0 unspecified atom stereocenters. The quantitative estimate of drug-likeness (QED) is 0.896. The third-order valence-electron chi connectivity index (χ3n) is 3.67. The molecule has 2 aromatic rings. The molecule has 3 rings (SSSR count). The highest BCUT2D eigenvalue weighted by Crippen LogP contribution is 2.32. The molecule has 0 heterocycles. The minimum Gasteiger partial charge on any atom is -0.457 e. The van der Waals surface area contributed by atoms with E-state index in [0.29, 0.717) is 0 Å². The number of aryl methyl sites for hydroxylation is 2. The van der Waals surface area contributed by atoms with Crippen LogP contribution in [0.1, 0.15) is 36.1 Å². The number of hydrogen-bond donors (Lipinski definition) is 1. The van der Waals surface area contributed by atoms with Crippen molar-refractivity contribution in [1.29, 1.82) is 0 Å². The molecule has 19 heavy (non-hydrogen) atoms. The van der Waals surface area contributed by atoms with Crippen molar-refractivity contribution in [3.05, 3.63) is 59.2 Å². The van der Waals surface area contributed by atoms with Crippen molar-refractivity contribution < 1.29 is 9.84 Å². The Morgan fingerprint density at radius 2 is 1.84 bits per heavy atom. The number of ether oxygens (including phenoxy) is 1. The maximum atomic E-state index is 9.76. The molecule has 0 radical (unpaired) electrons. The van der Waals surface area contributed by atoms with Crippen LogP contribution in [0, 0.1) is 0 Å². The van der Waals surface area contributed by atoms with Gasteiger partial charge in [0.05, 0.1) is 6.10 Å². The summed E-state index contributed by atoms with van der Waals surface area (Å²) in [6, 6.07) is 13.9. The molecule has 0 aliphatic heterocycles. The van der Waals surface area contributed by atoms with Gasteiger partial charge in [0.15, 0.2) is 0 Å². The molecule has 2 heteroatoms.